The van der Waals surface area contributed by atoms with Crippen LogP contribution in [0.5, 0.6) is 5.75 Å². The molecule has 0 aliphatic carbocycles. The maximum Gasteiger partial charge on any atom is 0.175 e. The molecule has 3 heteroatoms. The number of rotatable bonds is 7. The maximum absolute atomic E-state index is 9.85. The second-order valence-electron chi connectivity index (χ2n) is 6.62. The number of hydrogen-bond acceptors (Lipinski definition) is 3. The number of phenolic OH excluding ortho intramolecular Hbond substituents is 1. The Morgan fingerprint density at radius 3 is 2.11 bits per heavy atom. The van der Waals surface area contributed by atoms with Gasteiger partial charge in [0.15, 0.2) is 11.3 Å². The van der Waals surface area contributed by atoms with Gasteiger partial charge in [0.2, 0.25) is 0 Å². The first-order valence-corrected chi connectivity index (χ1v) is 9.19. The van der Waals surface area contributed by atoms with Crippen LogP contribution in [0.25, 0.3) is 11.0 Å². The second kappa shape index (κ2) is 8.11. The van der Waals surface area contributed by atoms with Crippen molar-refractivity contribution in [2.45, 2.75) is 18.9 Å². The summed E-state index contributed by atoms with van der Waals surface area (Å²) in [6, 6.07) is 28.3. The van der Waals surface area contributed by atoms with Crippen LogP contribution in [0.1, 0.15) is 29.2 Å². The molecule has 1 N–H and O–H groups in total. The van der Waals surface area contributed by atoms with Crippen molar-refractivity contribution >= 4 is 11.0 Å². The third-order valence-electron chi connectivity index (χ3n) is 4.77. The Morgan fingerprint density at radius 2 is 1.48 bits per heavy atom. The van der Waals surface area contributed by atoms with Crippen LogP contribution in [0.2, 0.25) is 0 Å². The van der Waals surface area contributed by atoms with E-state index in [0.717, 1.165) is 17.6 Å². The average Bonchev–Trinajstić information content (AvgIpc) is 3.14. The molecule has 0 amide bonds. The van der Waals surface area contributed by atoms with E-state index in [1.54, 1.807) is 6.07 Å². The molecule has 0 bridgehead atoms. The van der Waals surface area contributed by atoms with Crippen LogP contribution in [-0.4, -0.2) is 11.7 Å². The molecular formula is C24H22O3. The van der Waals surface area contributed by atoms with Gasteiger partial charge in [0.1, 0.15) is 12.4 Å². The molecular weight excluding hydrogens is 336 g/mol. The zero-order valence-corrected chi connectivity index (χ0v) is 15.0. The molecule has 4 aromatic rings. The summed E-state index contributed by atoms with van der Waals surface area (Å²) >= 11 is 0. The molecule has 0 atom stereocenters. The van der Waals surface area contributed by atoms with Crippen molar-refractivity contribution in [3.8, 4) is 5.75 Å². The predicted octanol–water partition coefficient (Wildman–Crippen LogP) is 5.88. The van der Waals surface area contributed by atoms with Gasteiger partial charge in [-0.2, -0.15) is 0 Å². The van der Waals surface area contributed by atoms with E-state index < -0.39 is 0 Å². The zero-order valence-electron chi connectivity index (χ0n) is 15.0. The quantitative estimate of drug-likeness (QED) is 0.420. The fraction of sp³-hybridized carbons (Fsp3) is 0.167. The molecule has 3 nitrogen and oxygen atoms in total. The van der Waals surface area contributed by atoms with Crippen LogP contribution in [0.15, 0.2) is 89.3 Å². The Labute approximate surface area is 158 Å². The lowest BCUT2D eigenvalue weighted by Gasteiger charge is -2.18. The predicted molar refractivity (Wildman–Crippen MR) is 107 cm³/mol. The molecule has 136 valence electrons. The Morgan fingerprint density at radius 1 is 0.815 bits per heavy atom. The highest BCUT2D eigenvalue weighted by Gasteiger charge is 2.14. The first-order chi connectivity index (χ1) is 13.3. The summed E-state index contributed by atoms with van der Waals surface area (Å²) in [4.78, 5) is 0. The summed E-state index contributed by atoms with van der Waals surface area (Å²) in [5.74, 6) is 1.18. The van der Waals surface area contributed by atoms with Gasteiger partial charge in [0.05, 0.1) is 0 Å². The number of benzene rings is 3. The third kappa shape index (κ3) is 4.04. The monoisotopic (exact) mass is 358 g/mol. The molecule has 4 rings (SSSR count). The van der Waals surface area contributed by atoms with Gasteiger partial charge in [0, 0.05) is 17.9 Å². The fourth-order valence-electron chi connectivity index (χ4n) is 3.44. The minimum absolute atomic E-state index is 0.159. The van der Waals surface area contributed by atoms with E-state index in [2.05, 4.69) is 48.5 Å². The van der Waals surface area contributed by atoms with Crippen LogP contribution in [-0.2, 0) is 11.3 Å². The van der Waals surface area contributed by atoms with E-state index in [1.165, 1.54) is 11.1 Å². The van der Waals surface area contributed by atoms with Crippen molar-refractivity contribution < 1.29 is 14.3 Å². The third-order valence-corrected chi connectivity index (χ3v) is 4.77. The maximum atomic E-state index is 9.85. The number of furan rings is 1. The normalized spacial score (nSPS) is 11.3. The molecule has 0 radical (unpaired) electrons. The fourth-order valence-corrected chi connectivity index (χ4v) is 3.44. The van der Waals surface area contributed by atoms with E-state index in [4.69, 9.17) is 9.15 Å². The van der Waals surface area contributed by atoms with E-state index in [9.17, 15) is 5.11 Å². The van der Waals surface area contributed by atoms with Gasteiger partial charge in [-0.15, -0.1) is 0 Å². The van der Waals surface area contributed by atoms with Crippen LogP contribution in [0, 0.1) is 0 Å². The highest BCUT2D eigenvalue weighted by atomic mass is 16.5. The van der Waals surface area contributed by atoms with Crippen molar-refractivity contribution in [1.82, 2.24) is 0 Å². The molecule has 0 saturated heterocycles. The van der Waals surface area contributed by atoms with Gasteiger partial charge < -0.3 is 14.3 Å². The lowest BCUT2D eigenvalue weighted by atomic mass is 9.89. The Kier molecular flexibility index (Phi) is 5.22. The molecule has 0 saturated carbocycles. The second-order valence-corrected chi connectivity index (χ2v) is 6.62. The smallest absolute Gasteiger partial charge is 0.175 e. The number of hydrogen-bond donors (Lipinski definition) is 1. The standard InChI is InChI=1S/C24H22O3/c25-23-13-7-12-20-16-21(27-24(20)23)17-26-15-14-22(18-8-3-1-4-9-18)19-10-5-2-6-11-19/h1-13,16,22,25H,14-15,17H2. The first-order valence-electron chi connectivity index (χ1n) is 9.19. The van der Waals surface area contributed by atoms with E-state index in [1.807, 2.05) is 30.3 Å². The molecule has 0 fully saturated rings. The van der Waals surface area contributed by atoms with Gasteiger partial charge in [-0.25, -0.2) is 0 Å². The number of fused-ring (bicyclic) bond motifs is 1. The van der Waals surface area contributed by atoms with E-state index >= 15 is 0 Å². The summed E-state index contributed by atoms with van der Waals surface area (Å²) in [5, 5.41) is 10.7. The van der Waals surface area contributed by atoms with Crippen LogP contribution in [0.4, 0.5) is 0 Å². The molecule has 0 unspecified atom stereocenters. The average molecular weight is 358 g/mol. The first kappa shape index (κ1) is 17.4. The van der Waals surface area contributed by atoms with Crippen molar-refractivity contribution in [3.63, 3.8) is 0 Å². The zero-order chi connectivity index (χ0) is 18.5. The minimum Gasteiger partial charge on any atom is -0.504 e. The summed E-state index contributed by atoms with van der Waals surface area (Å²) in [5.41, 5.74) is 3.10. The molecule has 27 heavy (non-hydrogen) atoms. The Balaban J connectivity index is 1.41. The minimum atomic E-state index is 0.159. The number of phenols is 1. The van der Waals surface area contributed by atoms with Crippen LogP contribution in [0.3, 0.4) is 0 Å². The molecule has 1 aromatic heterocycles. The lowest BCUT2D eigenvalue weighted by molar-refractivity contribution is 0.103. The number of aromatic hydroxyl groups is 1. The SMILES string of the molecule is Oc1cccc2cc(COCCC(c3ccccc3)c3ccccc3)oc12. The summed E-state index contributed by atoms with van der Waals surface area (Å²) < 4.78 is 11.6. The van der Waals surface area contributed by atoms with E-state index in [-0.39, 0.29) is 5.75 Å². The Hall–Kier alpha value is -3.04. The summed E-state index contributed by atoms with van der Waals surface area (Å²) in [6.45, 7) is 1.02. The molecule has 0 spiro atoms. The highest BCUT2D eigenvalue weighted by molar-refractivity contribution is 5.83. The van der Waals surface area contributed by atoms with Crippen molar-refractivity contribution in [1.29, 1.82) is 0 Å². The van der Waals surface area contributed by atoms with Gasteiger partial charge in [-0.1, -0.05) is 72.8 Å². The van der Waals surface area contributed by atoms with Gasteiger partial charge >= 0.3 is 0 Å². The van der Waals surface area contributed by atoms with Gasteiger partial charge in [-0.3, -0.25) is 0 Å². The van der Waals surface area contributed by atoms with Crippen molar-refractivity contribution in [2.75, 3.05) is 6.61 Å². The van der Waals surface area contributed by atoms with Crippen LogP contribution < -0.4 is 0 Å². The van der Waals surface area contributed by atoms with Crippen molar-refractivity contribution in [3.05, 3.63) is 102 Å². The Bertz CT molecular complexity index is 951. The molecule has 3 aromatic carbocycles. The van der Waals surface area contributed by atoms with E-state index in [0.29, 0.717) is 24.7 Å². The largest absolute Gasteiger partial charge is 0.504 e. The van der Waals surface area contributed by atoms with Gasteiger partial charge in [0.25, 0.3) is 0 Å². The highest BCUT2D eigenvalue weighted by Crippen LogP contribution is 2.29. The van der Waals surface area contributed by atoms with Crippen LogP contribution >= 0.6 is 0 Å². The topological polar surface area (TPSA) is 42.6 Å². The lowest BCUT2D eigenvalue weighted by Crippen LogP contribution is -2.06. The van der Waals surface area contributed by atoms with Gasteiger partial charge in [-0.05, 0) is 29.7 Å². The molecule has 1 heterocycles. The summed E-state index contributed by atoms with van der Waals surface area (Å²) in [7, 11) is 0. The molecule has 0 aliphatic heterocycles. The molecule has 0 aliphatic rings. The number of para-hydroxylation sites is 1. The number of ether oxygens (including phenoxy) is 1. The summed E-state index contributed by atoms with van der Waals surface area (Å²) in [6.07, 6.45) is 0.888. The van der Waals surface area contributed by atoms with Crippen molar-refractivity contribution in [2.24, 2.45) is 0 Å².